The van der Waals surface area contributed by atoms with Crippen LogP contribution in [0.5, 0.6) is 0 Å². The van der Waals surface area contributed by atoms with E-state index in [4.69, 9.17) is 5.84 Å². The first-order valence-corrected chi connectivity index (χ1v) is 8.15. The summed E-state index contributed by atoms with van der Waals surface area (Å²) in [6, 6.07) is 7.27. The summed E-state index contributed by atoms with van der Waals surface area (Å²) in [7, 11) is 0. The molecular formula is C18H30N2. The molecule has 0 radical (unpaired) electrons. The maximum atomic E-state index is 5.86. The molecule has 2 heteroatoms. The Morgan fingerprint density at radius 1 is 1.20 bits per heavy atom. The van der Waals surface area contributed by atoms with E-state index < -0.39 is 0 Å². The van der Waals surface area contributed by atoms with Crippen molar-refractivity contribution < 1.29 is 0 Å². The van der Waals surface area contributed by atoms with Crippen LogP contribution in [0.15, 0.2) is 18.2 Å². The molecule has 20 heavy (non-hydrogen) atoms. The van der Waals surface area contributed by atoms with Crippen LogP contribution in [0.25, 0.3) is 0 Å². The maximum Gasteiger partial charge on any atom is 0.0279 e. The van der Waals surface area contributed by atoms with Gasteiger partial charge in [0.05, 0.1) is 0 Å². The lowest BCUT2D eigenvalue weighted by Crippen LogP contribution is -2.44. The highest BCUT2D eigenvalue weighted by molar-refractivity contribution is 5.29. The van der Waals surface area contributed by atoms with Crippen LogP contribution in [-0.2, 0) is 6.42 Å². The largest absolute Gasteiger partial charge is 0.271 e. The van der Waals surface area contributed by atoms with Crippen LogP contribution < -0.4 is 11.3 Å². The summed E-state index contributed by atoms with van der Waals surface area (Å²) in [5.41, 5.74) is 7.23. The van der Waals surface area contributed by atoms with Gasteiger partial charge in [0.2, 0.25) is 0 Å². The van der Waals surface area contributed by atoms with Crippen molar-refractivity contribution in [3.8, 4) is 0 Å². The van der Waals surface area contributed by atoms with Gasteiger partial charge in [-0.25, -0.2) is 0 Å². The molecule has 0 spiro atoms. The number of hydrogen-bond donors (Lipinski definition) is 2. The SMILES string of the molecule is CCC1CCCC(C(Cc2cc(C)cc(C)c2)NN)C1. The molecule has 2 rings (SSSR count). The third-order valence-electron chi connectivity index (χ3n) is 4.92. The molecule has 1 aromatic carbocycles. The minimum Gasteiger partial charge on any atom is -0.271 e. The van der Waals surface area contributed by atoms with E-state index in [0.29, 0.717) is 6.04 Å². The maximum absolute atomic E-state index is 5.86. The number of rotatable bonds is 5. The summed E-state index contributed by atoms with van der Waals surface area (Å²) in [6.07, 6.45) is 7.83. The van der Waals surface area contributed by atoms with E-state index in [1.165, 1.54) is 48.8 Å². The molecule has 0 amide bonds. The molecule has 112 valence electrons. The summed E-state index contributed by atoms with van der Waals surface area (Å²) in [5.74, 6) is 7.51. The molecule has 2 nitrogen and oxygen atoms in total. The highest BCUT2D eigenvalue weighted by Gasteiger charge is 2.27. The highest BCUT2D eigenvalue weighted by Crippen LogP contribution is 2.33. The zero-order chi connectivity index (χ0) is 14.5. The number of hydrazine groups is 1. The molecule has 1 fully saturated rings. The van der Waals surface area contributed by atoms with E-state index in [0.717, 1.165) is 18.3 Å². The van der Waals surface area contributed by atoms with E-state index in [1.54, 1.807) is 0 Å². The molecule has 0 bridgehead atoms. The molecule has 1 aliphatic carbocycles. The molecule has 3 N–H and O–H groups in total. The van der Waals surface area contributed by atoms with Crippen LogP contribution in [0, 0.1) is 25.7 Å². The van der Waals surface area contributed by atoms with Crippen LogP contribution in [0.4, 0.5) is 0 Å². The minimum atomic E-state index is 0.422. The van der Waals surface area contributed by atoms with Crippen LogP contribution >= 0.6 is 0 Å². The summed E-state index contributed by atoms with van der Waals surface area (Å²) in [4.78, 5) is 0. The Morgan fingerprint density at radius 2 is 1.90 bits per heavy atom. The summed E-state index contributed by atoms with van der Waals surface area (Å²) in [5, 5.41) is 0. The Hall–Kier alpha value is -0.860. The molecule has 3 atom stereocenters. The van der Waals surface area contributed by atoms with Crippen LogP contribution in [-0.4, -0.2) is 6.04 Å². The van der Waals surface area contributed by atoms with Gasteiger partial charge in [-0.1, -0.05) is 55.5 Å². The van der Waals surface area contributed by atoms with E-state index in [1.807, 2.05) is 0 Å². The van der Waals surface area contributed by atoms with Gasteiger partial charge < -0.3 is 0 Å². The fraction of sp³-hybridized carbons (Fsp3) is 0.667. The summed E-state index contributed by atoms with van der Waals surface area (Å²) >= 11 is 0. The molecule has 0 heterocycles. The molecule has 1 saturated carbocycles. The van der Waals surface area contributed by atoms with Gasteiger partial charge >= 0.3 is 0 Å². The number of hydrogen-bond acceptors (Lipinski definition) is 2. The monoisotopic (exact) mass is 274 g/mol. The second kappa shape index (κ2) is 7.24. The zero-order valence-electron chi connectivity index (χ0n) is 13.3. The molecule has 0 aliphatic heterocycles. The van der Waals surface area contributed by atoms with Gasteiger partial charge in [-0.05, 0) is 50.5 Å². The van der Waals surface area contributed by atoms with Gasteiger partial charge in [-0.2, -0.15) is 0 Å². The van der Waals surface area contributed by atoms with Gasteiger partial charge in [0.1, 0.15) is 0 Å². The van der Waals surface area contributed by atoms with Crippen molar-refractivity contribution in [2.24, 2.45) is 17.7 Å². The Balaban J connectivity index is 2.04. The summed E-state index contributed by atoms with van der Waals surface area (Å²) in [6.45, 7) is 6.67. The van der Waals surface area contributed by atoms with Crippen molar-refractivity contribution in [3.63, 3.8) is 0 Å². The Labute approximate surface area is 124 Å². The second-order valence-electron chi connectivity index (χ2n) is 6.67. The fourth-order valence-corrected chi connectivity index (χ4v) is 3.87. The number of benzene rings is 1. The number of nitrogens with two attached hydrogens (primary N) is 1. The van der Waals surface area contributed by atoms with Crippen molar-refractivity contribution >= 4 is 0 Å². The van der Waals surface area contributed by atoms with Crippen molar-refractivity contribution in [1.29, 1.82) is 0 Å². The number of aryl methyl sites for hydroxylation is 2. The lowest BCUT2D eigenvalue weighted by atomic mass is 9.75. The highest BCUT2D eigenvalue weighted by atomic mass is 15.2. The Kier molecular flexibility index (Phi) is 5.62. The van der Waals surface area contributed by atoms with Crippen molar-refractivity contribution in [2.75, 3.05) is 0 Å². The van der Waals surface area contributed by atoms with E-state index in [2.05, 4.69) is 44.4 Å². The third kappa shape index (κ3) is 4.07. The molecular weight excluding hydrogens is 244 g/mol. The average molecular weight is 274 g/mol. The van der Waals surface area contributed by atoms with E-state index in [-0.39, 0.29) is 0 Å². The topological polar surface area (TPSA) is 38.0 Å². The molecule has 0 aromatic heterocycles. The van der Waals surface area contributed by atoms with Crippen LogP contribution in [0.1, 0.15) is 55.7 Å². The standard InChI is InChI=1S/C18H30N2/c1-4-15-6-5-7-17(11-15)18(20-19)12-16-9-13(2)8-14(3)10-16/h8-10,15,17-18,20H,4-7,11-12,19H2,1-3H3. The van der Waals surface area contributed by atoms with Gasteiger partial charge in [0.15, 0.2) is 0 Å². The lowest BCUT2D eigenvalue weighted by molar-refractivity contribution is 0.208. The molecule has 1 aliphatic rings. The quantitative estimate of drug-likeness (QED) is 0.631. The predicted molar refractivity (Wildman–Crippen MR) is 86.5 cm³/mol. The van der Waals surface area contributed by atoms with Gasteiger partial charge in [0, 0.05) is 6.04 Å². The third-order valence-corrected chi connectivity index (χ3v) is 4.92. The number of nitrogens with one attached hydrogen (secondary N) is 1. The first-order valence-electron chi connectivity index (χ1n) is 8.15. The van der Waals surface area contributed by atoms with E-state index in [9.17, 15) is 0 Å². The normalized spacial score (nSPS) is 24.6. The minimum absolute atomic E-state index is 0.422. The summed E-state index contributed by atoms with van der Waals surface area (Å²) < 4.78 is 0. The fourth-order valence-electron chi connectivity index (χ4n) is 3.87. The predicted octanol–water partition coefficient (Wildman–Crippen LogP) is 3.89. The Morgan fingerprint density at radius 3 is 2.50 bits per heavy atom. The lowest BCUT2D eigenvalue weighted by Gasteiger charge is -2.34. The average Bonchev–Trinajstić information content (AvgIpc) is 2.44. The van der Waals surface area contributed by atoms with Crippen LogP contribution in [0.3, 0.4) is 0 Å². The molecule has 3 unspecified atom stereocenters. The van der Waals surface area contributed by atoms with Crippen LogP contribution in [0.2, 0.25) is 0 Å². The van der Waals surface area contributed by atoms with Gasteiger partial charge in [-0.3, -0.25) is 11.3 Å². The second-order valence-corrected chi connectivity index (χ2v) is 6.67. The van der Waals surface area contributed by atoms with E-state index >= 15 is 0 Å². The Bertz CT molecular complexity index is 407. The van der Waals surface area contributed by atoms with Gasteiger partial charge in [0.25, 0.3) is 0 Å². The molecule has 0 saturated heterocycles. The van der Waals surface area contributed by atoms with Crippen molar-refractivity contribution in [1.82, 2.24) is 5.43 Å². The smallest absolute Gasteiger partial charge is 0.0279 e. The first kappa shape index (κ1) is 15.5. The zero-order valence-corrected chi connectivity index (χ0v) is 13.3. The first-order chi connectivity index (χ1) is 9.62. The van der Waals surface area contributed by atoms with Crippen molar-refractivity contribution in [2.45, 2.75) is 65.3 Å². The van der Waals surface area contributed by atoms with Gasteiger partial charge in [-0.15, -0.1) is 0 Å². The molecule has 1 aromatic rings. The van der Waals surface area contributed by atoms with Crippen molar-refractivity contribution in [3.05, 3.63) is 34.9 Å².